The predicted molar refractivity (Wildman–Crippen MR) is 158 cm³/mol. The molecule has 9 nitrogen and oxygen atoms in total. The summed E-state index contributed by atoms with van der Waals surface area (Å²) in [6.07, 6.45) is -1.25. The van der Waals surface area contributed by atoms with Crippen LogP contribution in [0.5, 0.6) is 0 Å². The lowest BCUT2D eigenvalue weighted by Gasteiger charge is -2.36. The minimum atomic E-state index is -1.65. The quantitative estimate of drug-likeness (QED) is 0.238. The molecule has 2 amide bonds. The zero-order chi connectivity index (χ0) is 30.8. The molecule has 0 aliphatic rings. The third-order valence-corrected chi connectivity index (χ3v) is 5.64. The summed E-state index contributed by atoms with van der Waals surface area (Å²) in [6.45, 7) is 14.6. The van der Waals surface area contributed by atoms with Crippen molar-refractivity contribution in [3.05, 3.63) is 64.4 Å². The van der Waals surface area contributed by atoms with Crippen LogP contribution in [-0.2, 0) is 24.7 Å². The summed E-state index contributed by atoms with van der Waals surface area (Å²) in [5.41, 5.74) is -0.317. The molecule has 0 saturated heterocycles. The first-order chi connectivity index (χ1) is 19.1. The first-order valence-corrected chi connectivity index (χ1v) is 14.0. The maximum atomic E-state index is 15.3. The van der Waals surface area contributed by atoms with Crippen molar-refractivity contribution in [2.24, 2.45) is 0 Å². The second-order valence-electron chi connectivity index (χ2n) is 11.3. The summed E-state index contributed by atoms with van der Waals surface area (Å²) in [5, 5.41) is 9.17. The molecule has 41 heavy (non-hydrogen) atoms. The fraction of sp³-hybridized carbons (Fsp3) is 0.533. The average Bonchev–Trinajstić information content (AvgIpc) is 2.84. The summed E-state index contributed by atoms with van der Waals surface area (Å²) in [6, 6.07) is 10.6. The van der Waals surface area contributed by atoms with E-state index in [0.717, 1.165) is 0 Å². The predicted octanol–water partition coefficient (Wildman–Crippen LogP) is 6.58. The molecule has 0 aliphatic heterocycles. The molecule has 0 fully saturated rings. The molecule has 0 aliphatic carbocycles. The monoisotopic (exact) mass is 595 g/mol. The Labute approximate surface area is 247 Å². The second-order valence-corrected chi connectivity index (χ2v) is 11.7. The van der Waals surface area contributed by atoms with Gasteiger partial charge in [-0.2, -0.15) is 0 Å². The van der Waals surface area contributed by atoms with Gasteiger partial charge in [0.1, 0.15) is 17.0 Å². The molecule has 3 N–H and O–H groups in total. The van der Waals surface area contributed by atoms with Gasteiger partial charge in [-0.15, -0.1) is 0 Å². The van der Waals surface area contributed by atoms with E-state index < -0.39 is 41.0 Å². The minimum Gasteiger partial charge on any atom is -0.444 e. The number of nitrogens with one attached hydrogen (secondary N) is 3. The fourth-order valence-corrected chi connectivity index (χ4v) is 4.15. The van der Waals surface area contributed by atoms with E-state index in [0.29, 0.717) is 16.3 Å². The number of hydrogen-bond donors (Lipinski definition) is 3. The third-order valence-electron chi connectivity index (χ3n) is 5.40. The van der Waals surface area contributed by atoms with Gasteiger partial charge in [0.15, 0.2) is 0 Å². The van der Waals surface area contributed by atoms with Gasteiger partial charge >= 0.3 is 12.2 Å². The fourth-order valence-electron chi connectivity index (χ4n) is 3.98. The van der Waals surface area contributed by atoms with Gasteiger partial charge in [-0.25, -0.2) is 14.0 Å². The van der Waals surface area contributed by atoms with Crippen LogP contribution in [0.15, 0.2) is 42.5 Å². The van der Waals surface area contributed by atoms with E-state index in [9.17, 15) is 9.59 Å². The number of carbonyl (C=O) groups is 2. The average molecular weight is 596 g/mol. The number of amides is 2. The van der Waals surface area contributed by atoms with Gasteiger partial charge in [0, 0.05) is 42.6 Å². The Hall–Kier alpha value is -3.08. The molecule has 11 heteroatoms. The number of anilines is 1. The molecule has 0 saturated carbocycles. The Morgan fingerprint density at radius 2 is 1.34 bits per heavy atom. The van der Waals surface area contributed by atoms with E-state index in [1.54, 1.807) is 91.8 Å². The summed E-state index contributed by atoms with van der Waals surface area (Å²) >= 11 is 6.44. The highest BCUT2D eigenvalue weighted by Crippen LogP contribution is 2.41. The summed E-state index contributed by atoms with van der Waals surface area (Å²) in [5.74, 6) is -2.17. The SMILES string of the molecule is CCOC(OCC)(c1ccccc1F)c1cc(Cl)ccc1NC(CNC(=O)OC(C)(C)C)CNC(=O)OC(C)(C)C. The summed E-state index contributed by atoms with van der Waals surface area (Å²) in [4.78, 5) is 24.9. The normalized spacial score (nSPS) is 12.2. The zero-order valence-electron chi connectivity index (χ0n) is 25.2. The van der Waals surface area contributed by atoms with Crippen molar-refractivity contribution in [3.8, 4) is 0 Å². The highest BCUT2D eigenvalue weighted by molar-refractivity contribution is 6.30. The van der Waals surface area contributed by atoms with E-state index in [1.807, 2.05) is 0 Å². The molecular formula is C30H43ClFN3O6. The van der Waals surface area contributed by atoms with Crippen molar-refractivity contribution >= 4 is 29.5 Å². The van der Waals surface area contributed by atoms with Gasteiger partial charge in [0.2, 0.25) is 5.79 Å². The van der Waals surface area contributed by atoms with Gasteiger partial charge in [-0.3, -0.25) is 0 Å². The third kappa shape index (κ3) is 10.7. The molecule has 2 aromatic carbocycles. The van der Waals surface area contributed by atoms with Crippen LogP contribution in [0, 0.1) is 5.82 Å². The van der Waals surface area contributed by atoms with Crippen molar-refractivity contribution in [2.75, 3.05) is 31.6 Å². The van der Waals surface area contributed by atoms with Crippen LogP contribution in [0.25, 0.3) is 0 Å². The molecule has 0 spiro atoms. The first kappa shape index (κ1) is 34.1. The van der Waals surface area contributed by atoms with E-state index >= 15 is 4.39 Å². The van der Waals surface area contributed by atoms with Crippen molar-refractivity contribution < 1.29 is 32.9 Å². The van der Waals surface area contributed by atoms with Crippen molar-refractivity contribution in [3.63, 3.8) is 0 Å². The van der Waals surface area contributed by atoms with Gasteiger partial charge in [0.25, 0.3) is 0 Å². The minimum absolute atomic E-state index is 0.0583. The van der Waals surface area contributed by atoms with Gasteiger partial charge in [-0.1, -0.05) is 29.8 Å². The number of rotatable bonds is 12. The lowest BCUT2D eigenvalue weighted by Crippen LogP contribution is -2.46. The lowest BCUT2D eigenvalue weighted by molar-refractivity contribution is -0.214. The van der Waals surface area contributed by atoms with Crippen LogP contribution in [0.4, 0.5) is 19.7 Å². The Morgan fingerprint density at radius 1 is 0.829 bits per heavy atom. The zero-order valence-corrected chi connectivity index (χ0v) is 25.9. The smallest absolute Gasteiger partial charge is 0.407 e. The van der Waals surface area contributed by atoms with E-state index in [1.165, 1.54) is 6.07 Å². The number of hydrogen-bond acceptors (Lipinski definition) is 7. The largest absolute Gasteiger partial charge is 0.444 e. The Balaban J connectivity index is 2.52. The second kappa shape index (κ2) is 14.7. The maximum absolute atomic E-state index is 15.3. The molecule has 0 radical (unpaired) electrons. The standard InChI is InChI=1S/C30H43ClFN3O6/c1-9-38-30(39-10-2,22-13-11-12-14-24(22)32)23-17-20(31)15-16-25(23)35-21(18-33-26(36)40-28(3,4)5)19-34-27(37)41-29(6,7)8/h11-17,21,35H,9-10,18-19H2,1-8H3,(H,33,36)(H,34,37). The lowest BCUT2D eigenvalue weighted by atomic mass is 9.94. The van der Waals surface area contributed by atoms with E-state index in [-0.39, 0.29) is 31.9 Å². The van der Waals surface area contributed by atoms with Crippen molar-refractivity contribution in [1.82, 2.24) is 10.6 Å². The number of ether oxygens (including phenoxy) is 4. The first-order valence-electron chi connectivity index (χ1n) is 13.6. The van der Waals surface area contributed by atoms with E-state index in [2.05, 4.69) is 16.0 Å². The van der Waals surface area contributed by atoms with Gasteiger partial charge in [-0.05, 0) is 79.7 Å². The molecule has 0 unspecified atom stereocenters. The molecular weight excluding hydrogens is 553 g/mol. The van der Waals surface area contributed by atoms with Crippen LogP contribution >= 0.6 is 11.6 Å². The Bertz CT molecular complexity index is 1130. The topological polar surface area (TPSA) is 107 Å². The molecule has 2 aromatic rings. The van der Waals surface area contributed by atoms with Crippen LogP contribution in [0.1, 0.15) is 66.5 Å². The molecule has 0 heterocycles. The Morgan fingerprint density at radius 3 is 1.80 bits per heavy atom. The molecule has 0 bridgehead atoms. The molecule has 0 atom stereocenters. The molecule has 228 valence electrons. The summed E-state index contributed by atoms with van der Waals surface area (Å²) < 4.78 is 38.3. The van der Waals surface area contributed by atoms with Gasteiger partial charge in [0.05, 0.1) is 11.6 Å². The highest BCUT2D eigenvalue weighted by Gasteiger charge is 2.41. The van der Waals surface area contributed by atoms with E-state index in [4.69, 9.17) is 30.5 Å². The number of alkyl carbamates (subject to hydrolysis) is 2. The molecule has 2 rings (SSSR count). The van der Waals surface area contributed by atoms with Gasteiger partial charge < -0.3 is 34.9 Å². The number of carbonyl (C=O) groups excluding carboxylic acids is 2. The van der Waals surface area contributed by atoms with Crippen LogP contribution in [0.2, 0.25) is 5.02 Å². The number of halogens is 2. The van der Waals surface area contributed by atoms with Crippen LogP contribution in [0.3, 0.4) is 0 Å². The van der Waals surface area contributed by atoms with Crippen molar-refractivity contribution in [1.29, 1.82) is 0 Å². The summed E-state index contributed by atoms with van der Waals surface area (Å²) in [7, 11) is 0. The van der Waals surface area contributed by atoms with Crippen LogP contribution < -0.4 is 16.0 Å². The Kier molecular flexibility index (Phi) is 12.2. The van der Waals surface area contributed by atoms with Crippen molar-refractivity contribution in [2.45, 2.75) is 78.4 Å². The molecule has 0 aromatic heterocycles. The number of benzene rings is 2. The maximum Gasteiger partial charge on any atom is 0.407 e. The van der Waals surface area contributed by atoms with Crippen LogP contribution in [-0.4, -0.2) is 55.7 Å². The highest BCUT2D eigenvalue weighted by atomic mass is 35.5.